The monoisotopic (exact) mass is 264 g/mol. The van der Waals surface area contributed by atoms with E-state index >= 15 is 0 Å². The van der Waals surface area contributed by atoms with Crippen molar-refractivity contribution in [2.45, 2.75) is 50.4 Å². The van der Waals surface area contributed by atoms with Gasteiger partial charge in [0.05, 0.1) is 12.7 Å². The van der Waals surface area contributed by atoms with Crippen LogP contribution in [0, 0.1) is 5.92 Å². The van der Waals surface area contributed by atoms with E-state index in [0.29, 0.717) is 5.57 Å². The molecule has 0 saturated carbocycles. The van der Waals surface area contributed by atoms with Gasteiger partial charge >= 0.3 is 5.97 Å². The second kappa shape index (κ2) is 4.46. The molecule has 2 fully saturated rings. The van der Waals surface area contributed by atoms with Crippen molar-refractivity contribution < 1.29 is 19.4 Å². The summed E-state index contributed by atoms with van der Waals surface area (Å²) in [6.07, 6.45) is 5.40. The first kappa shape index (κ1) is 12.9. The molecule has 2 heterocycles. The van der Waals surface area contributed by atoms with Crippen molar-refractivity contribution >= 4 is 5.97 Å². The Bertz CT molecular complexity index is 453. The fraction of sp³-hybridized carbons (Fsp3) is 0.667. The molecule has 104 valence electrons. The first-order valence-electron chi connectivity index (χ1n) is 6.91. The number of fused-ring (bicyclic) bond motifs is 2. The molecule has 1 aliphatic carbocycles. The quantitative estimate of drug-likeness (QED) is 0.339. The van der Waals surface area contributed by atoms with Crippen LogP contribution in [0.5, 0.6) is 0 Å². The third-order valence-electron chi connectivity index (χ3n) is 4.65. The van der Waals surface area contributed by atoms with Gasteiger partial charge < -0.3 is 14.6 Å². The number of ether oxygens (including phenoxy) is 2. The summed E-state index contributed by atoms with van der Waals surface area (Å²) in [5.41, 5.74) is 1.38. The number of aliphatic hydroxyl groups is 1. The zero-order chi connectivity index (χ0) is 13.6. The minimum Gasteiger partial charge on any atom is -0.454 e. The molecule has 0 amide bonds. The summed E-state index contributed by atoms with van der Waals surface area (Å²) >= 11 is 0. The summed E-state index contributed by atoms with van der Waals surface area (Å²) < 4.78 is 11.1. The Morgan fingerprint density at radius 1 is 1.53 bits per heavy atom. The van der Waals surface area contributed by atoms with Crippen molar-refractivity contribution in [2.24, 2.45) is 5.92 Å². The van der Waals surface area contributed by atoms with Gasteiger partial charge in [0.25, 0.3) is 0 Å². The molecule has 19 heavy (non-hydrogen) atoms. The van der Waals surface area contributed by atoms with Gasteiger partial charge in [0.1, 0.15) is 11.7 Å². The molecular weight excluding hydrogens is 244 g/mol. The summed E-state index contributed by atoms with van der Waals surface area (Å²) in [4.78, 5) is 11.7. The topological polar surface area (TPSA) is 59.1 Å². The molecule has 0 aromatic carbocycles. The number of epoxide rings is 1. The Kier molecular flexibility index (Phi) is 3.02. The highest BCUT2D eigenvalue weighted by molar-refractivity contribution is 5.91. The number of hydrogen-bond acceptors (Lipinski definition) is 4. The van der Waals surface area contributed by atoms with Crippen LogP contribution in [-0.4, -0.2) is 35.5 Å². The van der Waals surface area contributed by atoms with E-state index in [9.17, 15) is 9.90 Å². The van der Waals surface area contributed by atoms with Crippen molar-refractivity contribution in [2.75, 3.05) is 6.61 Å². The third kappa shape index (κ3) is 2.13. The van der Waals surface area contributed by atoms with Crippen molar-refractivity contribution in [1.82, 2.24) is 0 Å². The average Bonchev–Trinajstić information content (AvgIpc) is 3.03. The maximum absolute atomic E-state index is 11.7. The molecule has 3 rings (SSSR count). The summed E-state index contributed by atoms with van der Waals surface area (Å²) in [5, 5.41) is 9.53. The Hall–Kier alpha value is -1.13. The molecule has 4 atom stereocenters. The highest BCUT2D eigenvalue weighted by atomic mass is 16.6. The lowest BCUT2D eigenvalue weighted by Gasteiger charge is -2.19. The number of rotatable bonds is 1. The molecule has 1 N–H and O–H groups in total. The van der Waals surface area contributed by atoms with Gasteiger partial charge in [0, 0.05) is 11.5 Å². The number of carbonyl (C=O) groups excluding carboxylic acids is 1. The summed E-state index contributed by atoms with van der Waals surface area (Å²) in [7, 11) is 0. The van der Waals surface area contributed by atoms with Crippen LogP contribution in [0.25, 0.3) is 0 Å². The first-order chi connectivity index (χ1) is 9.05. The molecule has 4 unspecified atom stereocenters. The molecule has 0 aromatic heterocycles. The predicted molar refractivity (Wildman–Crippen MR) is 69.4 cm³/mol. The average molecular weight is 264 g/mol. The van der Waals surface area contributed by atoms with Gasteiger partial charge in [-0.15, -0.1) is 0 Å². The Labute approximate surface area is 113 Å². The second-order valence-corrected chi connectivity index (χ2v) is 5.92. The van der Waals surface area contributed by atoms with E-state index in [2.05, 4.69) is 19.6 Å². The van der Waals surface area contributed by atoms with Gasteiger partial charge in [0.2, 0.25) is 0 Å². The van der Waals surface area contributed by atoms with Crippen LogP contribution in [-0.2, 0) is 14.3 Å². The van der Waals surface area contributed by atoms with E-state index < -0.39 is 0 Å². The zero-order valence-electron chi connectivity index (χ0n) is 11.2. The molecule has 0 aromatic rings. The Morgan fingerprint density at radius 2 is 2.32 bits per heavy atom. The molecule has 4 nitrogen and oxygen atoms in total. The molecule has 4 heteroatoms. The van der Waals surface area contributed by atoms with E-state index in [1.807, 2.05) is 0 Å². The second-order valence-electron chi connectivity index (χ2n) is 5.92. The van der Waals surface area contributed by atoms with Gasteiger partial charge in [-0.3, -0.25) is 0 Å². The standard InChI is InChI=1S/C15H20O4/c1-9-3-4-13-15(8-16,19-13)6-5-11-10(2)14(17)18-12(11)7-9/h7,11-13,16H,2-6,8H2,1H3. The molecule has 3 aliphatic rings. The number of allylic oxidation sites excluding steroid dienone is 1. The molecule has 0 bridgehead atoms. The van der Waals surface area contributed by atoms with Gasteiger partial charge in [0.15, 0.2) is 0 Å². The van der Waals surface area contributed by atoms with Crippen LogP contribution in [0.3, 0.4) is 0 Å². The summed E-state index contributed by atoms with van der Waals surface area (Å²) in [6, 6.07) is 0. The fourth-order valence-corrected chi connectivity index (χ4v) is 3.25. The van der Waals surface area contributed by atoms with E-state index in [1.54, 1.807) is 0 Å². The zero-order valence-corrected chi connectivity index (χ0v) is 11.2. The number of aliphatic hydroxyl groups excluding tert-OH is 1. The lowest BCUT2D eigenvalue weighted by molar-refractivity contribution is -0.137. The van der Waals surface area contributed by atoms with E-state index in [0.717, 1.165) is 25.7 Å². The van der Waals surface area contributed by atoms with Crippen LogP contribution in [0.15, 0.2) is 23.8 Å². The largest absolute Gasteiger partial charge is 0.454 e. The van der Waals surface area contributed by atoms with Gasteiger partial charge in [-0.05, 0) is 38.7 Å². The number of carbonyl (C=O) groups is 1. The van der Waals surface area contributed by atoms with Gasteiger partial charge in [-0.2, -0.15) is 0 Å². The van der Waals surface area contributed by atoms with Crippen LogP contribution in [0.2, 0.25) is 0 Å². The fourth-order valence-electron chi connectivity index (χ4n) is 3.25. The number of esters is 1. The molecule has 2 saturated heterocycles. The SMILES string of the molecule is C=C1C(=O)OC2C=C(C)CCC3OC3(CO)CCC12. The molecule has 2 aliphatic heterocycles. The van der Waals surface area contributed by atoms with Crippen LogP contribution in [0.1, 0.15) is 32.6 Å². The summed E-state index contributed by atoms with van der Waals surface area (Å²) in [6.45, 7) is 5.96. The van der Waals surface area contributed by atoms with E-state index in [-0.39, 0.29) is 36.3 Å². The predicted octanol–water partition coefficient (Wildman–Crippen LogP) is 1.73. The minimum absolute atomic E-state index is 0.0221. The molecule has 0 spiro atoms. The third-order valence-corrected chi connectivity index (χ3v) is 4.65. The Morgan fingerprint density at radius 3 is 3.05 bits per heavy atom. The smallest absolute Gasteiger partial charge is 0.334 e. The van der Waals surface area contributed by atoms with Crippen molar-refractivity contribution in [3.05, 3.63) is 23.8 Å². The van der Waals surface area contributed by atoms with E-state index in [1.165, 1.54) is 5.57 Å². The summed E-state index contributed by atoms with van der Waals surface area (Å²) in [5.74, 6) is -0.265. The lowest BCUT2D eigenvalue weighted by atomic mass is 9.84. The normalized spacial score (nSPS) is 42.0. The highest BCUT2D eigenvalue weighted by Crippen LogP contribution is 2.46. The first-order valence-corrected chi connectivity index (χ1v) is 6.91. The Balaban J connectivity index is 1.84. The van der Waals surface area contributed by atoms with Gasteiger partial charge in [-0.25, -0.2) is 4.79 Å². The van der Waals surface area contributed by atoms with Gasteiger partial charge in [-0.1, -0.05) is 12.2 Å². The van der Waals surface area contributed by atoms with Crippen molar-refractivity contribution in [3.63, 3.8) is 0 Å². The van der Waals surface area contributed by atoms with Crippen LogP contribution in [0.4, 0.5) is 0 Å². The van der Waals surface area contributed by atoms with Crippen LogP contribution < -0.4 is 0 Å². The molecule has 0 radical (unpaired) electrons. The molecular formula is C15H20O4. The van der Waals surface area contributed by atoms with Crippen molar-refractivity contribution in [3.8, 4) is 0 Å². The number of hydrogen-bond donors (Lipinski definition) is 1. The van der Waals surface area contributed by atoms with Crippen LogP contribution >= 0.6 is 0 Å². The lowest BCUT2D eigenvalue weighted by Crippen LogP contribution is -2.25. The maximum atomic E-state index is 11.7. The highest BCUT2D eigenvalue weighted by Gasteiger charge is 2.56. The maximum Gasteiger partial charge on any atom is 0.334 e. The van der Waals surface area contributed by atoms with Crippen molar-refractivity contribution in [1.29, 1.82) is 0 Å². The van der Waals surface area contributed by atoms with E-state index in [4.69, 9.17) is 9.47 Å². The minimum atomic E-state index is -0.381.